The summed E-state index contributed by atoms with van der Waals surface area (Å²) in [6, 6.07) is 3.47. The smallest absolute Gasteiger partial charge is 0.408 e. The van der Waals surface area contributed by atoms with Crippen molar-refractivity contribution in [1.29, 1.82) is 0 Å². The Balaban J connectivity index is 1.47. The van der Waals surface area contributed by atoms with Gasteiger partial charge in [-0.25, -0.2) is 19.2 Å². The van der Waals surface area contributed by atoms with Crippen LogP contribution in [0.25, 0.3) is 0 Å². The molecule has 2 aromatic rings. The van der Waals surface area contributed by atoms with Gasteiger partial charge in [0.25, 0.3) is 0 Å². The van der Waals surface area contributed by atoms with Crippen LogP contribution in [0.15, 0.2) is 24.5 Å². The molecule has 11 heteroatoms. The molecule has 3 heterocycles. The van der Waals surface area contributed by atoms with E-state index in [9.17, 15) is 14.0 Å². The van der Waals surface area contributed by atoms with Gasteiger partial charge < -0.3 is 19.9 Å². The molecule has 0 spiro atoms. The van der Waals surface area contributed by atoms with E-state index >= 15 is 0 Å². The zero-order valence-electron chi connectivity index (χ0n) is 21.6. The van der Waals surface area contributed by atoms with E-state index < -0.39 is 23.6 Å². The second-order valence-corrected chi connectivity index (χ2v) is 11.8. The number of rotatable bonds is 6. The number of amides is 2. The molecule has 0 aliphatic carbocycles. The summed E-state index contributed by atoms with van der Waals surface area (Å²) in [6.45, 7) is 9.61. The van der Waals surface area contributed by atoms with Crippen molar-refractivity contribution in [2.45, 2.75) is 63.2 Å². The number of fused-ring (bicyclic) bond motifs is 1. The Kier molecular flexibility index (Phi) is 8.48. The number of thioether (sulfide) groups is 1. The first-order valence-electron chi connectivity index (χ1n) is 12.5. The fraction of sp³-hybridized carbons (Fsp3) is 0.538. The lowest BCUT2D eigenvalue weighted by atomic mass is 10.0. The van der Waals surface area contributed by atoms with E-state index in [4.69, 9.17) is 16.3 Å². The van der Waals surface area contributed by atoms with Crippen molar-refractivity contribution in [3.8, 4) is 0 Å². The van der Waals surface area contributed by atoms with Gasteiger partial charge in [-0.05, 0) is 44.9 Å². The van der Waals surface area contributed by atoms with E-state index in [1.165, 1.54) is 17.7 Å². The molecule has 4 rings (SSSR count). The van der Waals surface area contributed by atoms with E-state index in [1.807, 2.05) is 11.8 Å². The first kappa shape index (κ1) is 27.4. The Morgan fingerprint density at radius 3 is 2.62 bits per heavy atom. The number of piperazine rings is 1. The normalized spacial score (nSPS) is 18.4. The molecular formula is C26H33ClFN5O3S. The van der Waals surface area contributed by atoms with Crippen LogP contribution in [0.4, 0.5) is 15.0 Å². The molecule has 0 radical (unpaired) electrons. The molecule has 200 valence electrons. The summed E-state index contributed by atoms with van der Waals surface area (Å²) in [6.07, 6.45) is 2.05. The van der Waals surface area contributed by atoms with Crippen molar-refractivity contribution in [2.75, 3.05) is 31.1 Å². The van der Waals surface area contributed by atoms with Gasteiger partial charge >= 0.3 is 6.09 Å². The maximum atomic E-state index is 14.1. The lowest BCUT2D eigenvalue weighted by Gasteiger charge is -2.38. The van der Waals surface area contributed by atoms with Crippen LogP contribution in [-0.4, -0.2) is 64.7 Å². The van der Waals surface area contributed by atoms with Crippen molar-refractivity contribution >= 4 is 41.2 Å². The van der Waals surface area contributed by atoms with Gasteiger partial charge in [0.1, 0.15) is 29.6 Å². The SMILES string of the molecule is CCC1SCc2ncnc(N3CCN(C(=O)C(Cc4ccc(Cl)c(F)c4)NC(=O)OC(C)(C)C)CC3)c21. The first-order valence-corrected chi connectivity index (χ1v) is 13.9. The fourth-order valence-corrected chi connectivity index (χ4v) is 5.96. The molecule has 1 aromatic heterocycles. The summed E-state index contributed by atoms with van der Waals surface area (Å²) in [5, 5.41) is 3.08. The number of ether oxygens (including phenoxy) is 1. The van der Waals surface area contributed by atoms with Crippen LogP contribution in [0.1, 0.15) is 56.2 Å². The Morgan fingerprint density at radius 1 is 1.24 bits per heavy atom. The molecule has 2 amide bonds. The van der Waals surface area contributed by atoms with Crippen molar-refractivity contribution in [2.24, 2.45) is 0 Å². The molecule has 1 aromatic carbocycles. The second kappa shape index (κ2) is 11.4. The lowest BCUT2D eigenvalue weighted by Crippen LogP contribution is -2.56. The second-order valence-electron chi connectivity index (χ2n) is 10.2. The van der Waals surface area contributed by atoms with Crippen LogP contribution in [0, 0.1) is 5.82 Å². The first-order chi connectivity index (χ1) is 17.6. The van der Waals surface area contributed by atoms with E-state index in [0.717, 1.165) is 23.7 Å². The molecule has 0 saturated carbocycles. The number of aromatic nitrogens is 2. The Morgan fingerprint density at radius 2 is 1.97 bits per heavy atom. The van der Waals surface area contributed by atoms with Gasteiger partial charge in [0.15, 0.2) is 0 Å². The summed E-state index contributed by atoms with van der Waals surface area (Å²) in [5.74, 6) is 1.03. The Labute approximate surface area is 226 Å². The molecule has 1 fully saturated rings. The van der Waals surface area contributed by atoms with E-state index in [1.54, 1.807) is 38.1 Å². The van der Waals surface area contributed by atoms with Crippen LogP contribution in [0.3, 0.4) is 0 Å². The lowest BCUT2D eigenvalue weighted by molar-refractivity contribution is -0.133. The number of alkyl carbamates (subject to hydrolysis) is 1. The highest BCUT2D eigenvalue weighted by atomic mass is 35.5. The van der Waals surface area contributed by atoms with Crippen molar-refractivity contribution in [3.05, 3.63) is 52.2 Å². The number of anilines is 1. The summed E-state index contributed by atoms with van der Waals surface area (Å²) in [7, 11) is 0. The molecule has 2 atom stereocenters. The van der Waals surface area contributed by atoms with Gasteiger partial charge in [0.2, 0.25) is 5.91 Å². The van der Waals surface area contributed by atoms with E-state index in [-0.39, 0.29) is 17.4 Å². The van der Waals surface area contributed by atoms with Crippen LogP contribution >= 0.6 is 23.4 Å². The van der Waals surface area contributed by atoms with Crippen LogP contribution in [-0.2, 0) is 21.7 Å². The largest absolute Gasteiger partial charge is 0.444 e. The Bertz CT molecular complexity index is 1150. The number of hydrogen-bond donors (Lipinski definition) is 1. The van der Waals surface area contributed by atoms with Crippen LogP contribution in [0.5, 0.6) is 0 Å². The van der Waals surface area contributed by atoms with Gasteiger partial charge in [-0.3, -0.25) is 4.79 Å². The highest BCUT2D eigenvalue weighted by molar-refractivity contribution is 7.99. The minimum Gasteiger partial charge on any atom is -0.444 e. The predicted molar refractivity (Wildman–Crippen MR) is 143 cm³/mol. The summed E-state index contributed by atoms with van der Waals surface area (Å²) >= 11 is 7.71. The summed E-state index contributed by atoms with van der Waals surface area (Å²) in [5.41, 5.74) is 2.14. The average Bonchev–Trinajstić information content (AvgIpc) is 3.28. The molecule has 8 nitrogen and oxygen atoms in total. The molecule has 37 heavy (non-hydrogen) atoms. The van der Waals surface area contributed by atoms with Crippen molar-refractivity contribution in [3.63, 3.8) is 0 Å². The average molecular weight is 550 g/mol. The third kappa shape index (κ3) is 6.65. The number of halogens is 2. The van der Waals surface area contributed by atoms with Gasteiger partial charge in [-0.2, -0.15) is 0 Å². The topological polar surface area (TPSA) is 87.7 Å². The molecule has 2 unspecified atom stereocenters. The van der Waals surface area contributed by atoms with Crippen molar-refractivity contribution in [1.82, 2.24) is 20.2 Å². The summed E-state index contributed by atoms with van der Waals surface area (Å²) in [4.78, 5) is 39.1. The summed E-state index contributed by atoms with van der Waals surface area (Å²) < 4.78 is 19.4. The number of carbonyl (C=O) groups excluding carboxylic acids is 2. The third-order valence-electron chi connectivity index (χ3n) is 6.36. The molecular weight excluding hydrogens is 517 g/mol. The highest BCUT2D eigenvalue weighted by Crippen LogP contribution is 2.46. The van der Waals surface area contributed by atoms with Gasteiger partial charge in [-0.1, -0.05) is 24.6 Å². The molecule has 1 N–H and O–H groups in total. The number of nitrogens with zero attached hydrogens (tertiary/aromatic N) is 4. The van der Waals surface area contributed by atoms with Crippen molar-refractivity contribution < 1.29 is 18.7 Å². The predicted octanol–water partition coefficient (Wildman–Crippen LogP) is 4.75. The van der Waals surface area contributed by atoms with Crippen LogP contribution in [0.2, 0.25) is 5.02 Å². The Hall–Kier alpha value is -2.59. The highest BCUT2D eigenvalue weighted by Gasteiger charge is 2.33. The van der Waals surface area contributed by atoms with E-state index in [0.29, 0.717) is 37.0 Å². The molecule has 1 saturated heterocycles. The maximum absolute atomic E-state index is 14.1. The monoisotopic (exact) mass is 549 g/mol. The molecule has 0 bridgehead atoms. The zero-order valence-corrected chi connectivity index (χ0v) is 23.2. The number of benzene rings is 1. The van der Waals surface area contributed by atoms with Gasteiger partial charge in [0.05, 0.1) is 10.7 Å². The number of nitrogens with one attached hydrogen (secondary N) is 1. The standard InChI is InChI=1S/C26H33ClFN5O3S/c1-5-21-22-20(14-37-21)29-15-30-23(22)32-8-10-33(11-9-32)24(34)19(31-25(35)36-26(2,3)4)13-16-6-7-17(27)18(28)12-16/h6-7,12,15,19,21H,5,8-11,13-14H2,1-4H3,(H,31,35). The minimum atomic E-state index is -0.911. The number of hydrogen-bond acceptors (Lipinski definition) is 7. The van der Waals surface area contributed by atoms with E-state index in [2.05, 4.69) is 27.1 Å². The van der Waals surface area contributed by atoms with Gasteiger partial charge in [-0.15, -0.1) is 11.8 Å². The molecule has 2 aliphatic rings. The minimum absolute atomic E-state index is 0.00256. The quantitative estimate of drug-likeness (QED) is 0.556. The third-order valence-corrected chi connectivity index (χ3v) is 8.08. The number of carbonyl (C=O) groups is 2. The zero-order chi connectivity index (χ0) is 26.7. The van der Waals surface area contributed by atoms with Gasteiger partial charge in [0, 0.05) is 49.2 Å². The van der Waals surface area contributed by atoms with Crippen LogP contribution < -0.4 is 10.2 Å². The molecule has 2 aliphatic heterocycles. The fourth-order valence-electron chi connectivity index (χ4n) is 4.61. The maximum Gasteiger partial charge on any atom is 0.408 e.